The number of para-hydroxylation sites is 1. The number of urea groups is 1. The van der Waals surface area contributed by atoms with Crippen molar-refractivity contribution in [3.63, 3.8) is 0 Å². The number of nitrogens with one attached hydrogen (secondary N) is 2. The number of rotatable bonds is 4. The zero-order valence-electron chi connectivity index (χ0n) is 12.6. The van der Waals surface area contributed by atoms with Gasteiger partial charge >= 0.3 is 6.03 Å². The van der Waals surface area contributed by atoms with Crippen molar-refractivity contribution in [3.05, 3.63) is 18.2 Å². The van der Waals surface area contributed by atoms with Crippen molar-refractivity contribution in [3.8, 4) is 5.75 Å². The summed E-state index contributed by atoms with van der Waals surface area (Å²) in [5, 5.41) is 5.57. The topological polar surface area (TPSA) is 70.7 Å². The van der Waals surface area contributed by atoms with E-state index < -0.39 is 0 Å². The van der Waals surface area contributed by atoms with Crippen LogP contribution in [0.2, 0.25) is 0 Å². The lowest BCUT2D eigenvalue weighted by atomic mass is 10.1. The molecule has 1 heterocycles. The highest BCUT2D eigenvalue weighted by molar-refractivity contribution is 6.00. The molecule has 0 aromatic heterocycles. The molecule has 1 aromatic rings. The largest absolute Gasteiger partial charge is 0.479 e. The van der Waals surface area contributed by atoms with Gasteiger partial charge < -0.3 is 20.3 Å². The van der Waals surface area contributed by atoms with E-state index in [4.69, 9.17) is 4.74 Å². The summed E-state index contributed by atoms with van der Waals surface area (Å²) in [4.78, 5) is 25.0. The SMILES string of the molecule is CC(C)CCNC(=O)Nc1cccc2c1OCC(=O)N2C. The highest BCUT2D eigenvalue weighted by Crippen LogP contribution is 2.37. The third kappa shape index (κ3) is 3.65. The monoisotopic (exact) mass is 291 g/mol. The molecule has 2 N–H and O–H groups in total. The zero-order valence-corrected chi connectivity index (χ0v) is 12.6. The Hall–Kier alpha value is -2.24. The van der Waals surface area contributed by atoms with Crippen molar-refractivity contribution >= 4 is 23.3 Å². The molecule has 1 aromatic carbocycles. The Balaban J connectivity index is 2.04. The summed E-state index contributed by atoms with van der Waals surface area (Å²) in [6.45, 7) is 4.82. The van der Waals surface area contributed by atoms with Crippen LogP contribution in [0.4, 0.5) is 16.2 Å². The van der Waals surface area contributed by atoms with Crippen molar-refractivity contribution in [2.24, 2.45) is 5.92 Å². The minimum absolute atomic E-state index is 0.0167. The molecule has 0 saturated carbocycles. The molecule has 0 spiro atoms. The fraction of sp³-hybridized carbons (Fsp3) is 0.467. The molecule has 0 radical (unpaired) electrons. The molecule has 21 heavy (non-hydrogen) atoms. The number of nitrogens with zero attached hydrogens (tertiary/aromatic N) is 1. The molecular formula is C15H21N3O3. The Kier molecular flexibility index (Phi) is 4.67. The van der Waals surface area contributed by atoms with Crippen LogP contribution >= 0.6 is 0 Å². The first-order chi connectivity index (χ1) is 9.99. The fourth-order valence-electron chi connectivity index (χ4n) is 2.05. The van der Waals surface area contributed by atoms with Crippen molar-refractivity contribution < 1.29 is 14.3 Å². The summed E-state index contributed by atoms with van der Waals surface area (Å²) in [5.41, 5.74) is 1.22. The third-order valence-electron chi connectivity index (χ3n) is 3.33. The van der Waals surface area contributed by atoms with E-state index in [0.717, 1.165) is 6.42 Å². The molecule has 0 atom stereocenters. The van der Waals surface area contributed by atoms with E-state index in [2.05, 4.69) is 24.5 Å². The van der Waals surface area contributed by atoms with Gasteiger partial charge in [0.2, 0.25) is 0 Å². The normalized spacial score (nSPS) is 13.7. The molecule has 0 bridgehead atoms. The minimum Gasteiger partial charge on any atom is -0.479 e. The van der Waals surface area contributed by atoms with E-state index in [1.165, 1.54) is 4.90 Å². The fourth-order valence-corrected chi connectivity index (χ4v) is 2.05. The van der Waals surface area contributed by atoms with Gasteiger partial charge in [0.25, 0.3) is 5.91 Å². The van der Waals surface area contributed by atoms with Crippen LogP contribution < -0.4 is 20.3 Å². The molecule has 1 aliphatic heterocycles. The maximum atomic E-state index is 11.9. The summed E-state index contributed by atoms with van der Waals surface area (Å²) in [5.74, 6) is 0.956. The molecule has 6 nitrogen and oxygen atoms in total. The lowest BCUT2D eigenvalue weighted by Crippen LogP contribution is -2.36. The van der Waals surface area contributed by atoms with Gasteiger partial charge in [0.1, 0.15) is 0 Å². The first kappa shape index (κ1) is 15.2. The summed E-state index contributed by atoms with van der Waals surface area (Å²) < 4.78 is 5.45. The first-order valence-electron chi connectivity index (χ1n) is 7.06. The summed E-state index contributed by atoms with van der Waals surface area (Å²) in [7, 11) is 1.69. The highest BCUT2D eigenvalue weighted by Gasteiger charge is 2.24. The van der Waals surface area contributed by atoms with Gasteiger partial charge in [0.15, 0.2) is 12.4 Å². The van der Waals surface area contributed by atoms with Crippen molar-refractivity contribution in [1.82, 2.24) is 5.32 Å². The average Bonchev–Trinajstić information content (AvgIpc) is 2.43. The number of carbonyl (C=O) groups is 2. The first-order valence-corrected chi connectivity index (χ1v) is 7.06. The van der Waals surface area contributed by atoms with Gasteiger partial charge in [-0.05, 0) is 24.5 Å². The Bertz CT molecular complexity index is 543. The van der Waals surface area contributed by atoms with E-state index in [0.29, 0.717) is 29.6 Å². The number of anilines is 2. The van der Waals surface area contributed by atoms with Gasteiger partial charge in [-0.1, -0.05) is 19.9 Å². The van der Waals surface area contributed by atoms with Crippen LogP contribution in [0.1, 0.15) is 20.3 Å². The van der Waals surface area contributed by atoms with E-state index in [1.807, 2.05) is 0 Å². The summed E-state index contributed by atoms with van der Waals surface area (Å²) >= 11 is 0. The molecule has 1 aliphatic rings. The lowest BCUT2D eigenvalue weighted by Gasteiger charge is -2.27. The number of amides is 3. The van der Waals surface area contributed by atoms with Crippen LogP contribution in [-0.4, -0.2) is 32.1 Å². The number of hydrogen-bond donors (Lipinski definition) is 2. The third-order valence-corrected chi connectivity index (χ3v) is 3.33. The molecular weight excluding hydrogens is 270 g/mol. The van der Waals surface area contributed by atoms with Crippen molar-refractivity contribution in [1.29, 1.82) is 0 Å². The van der Waals surface area contributed by atoms with Crippen LogP contribution in [0, 0.1) is 5.92 Å². The summed E-state index contributed by atoms with van der Waals surface area (Å²) in [6.07, 6.45) is 0.925. The van der Waals surface area contributed by atoms with Gasteiger partial charge in [-0.15, -0.1) is 0 Å². The smallest absolute Gasteiger partial charge is 0.319 e. The van der Waals surface area contributed by atoms with Crippen molar-refractivity contribution in [2.75, 3.05) is 30.4 Å². The minimum atomic E-state index is -0.271. The number of hydrogen-bond acceptors (Lipinski definition) is 3. The number of benzene rings is 1. The molecule has 6 heteroatoms. The second kappa shape index (κ2) is 6.47. The van der Waals surface area contributed by atoms with Gasteiger partial charge in [0, 0.05) is 13.6 Å². The van der Waals surface area contributed by atoms with E-state index in [9.17, 15) is 9.59 Å². The van der Waals surface area contributed by atoms with Crippen LogP contribution in [0.25, 0.3) is 0 Å². The molecule has 2 rings (SSSR count). The molecule has 0 fully saturated rings. The number of fused-ring (bicyclic) bond motifs is 1. The molecule has 0 aliphatic carbocycles. The second-order valence-electron chi connectivity index (χ2n) is 5.46. The van der Waals surface area contributed by atoms with Crippen LogP contribution in [-0.2, 0) is 4.79 Å². The quantitative estimate of drug-likeness (QED) is 0.893. The maximum Gasteiger partial charge on any atom is 0.319 e. The standard InChI is InChI=1S/C15H21N3O3/c1-10(2)7-8-16-15(20)17-11-5-4-6-12-14(11)21-9-13(19)18(12)3/h4-6,10H,7-9H2,1-3H3,(H2,16,17,20). The van der Waals surface area contributed by atoms with E-state index in [1.54, 1.807) is 25.2 Å². The molecule has 0 unspecified atom stereocenters. The zero-order chi connectivity index (χ0) is 15.4. The highest BCUT2D eigenvalue weighted by atomic mass is 16.5. The summed E-state index contributed by atoms with van der Waals surface area (Å²) in [6, 6.07) is 5.05. The van der Waals surface area contributed by atoms with Gasteiger partial charge in [-0.2, -0.15) is 0 Å². The Morgan fingerprint density at radius 2 is 2.19 bits per heavy atom. The second-order valence-corrected chi connectivity index (χ2v) is 5.46. The van der Waals surface area contributed by atoms with E-state index >= 15 is 0 Å². The number of ether oxygens (including phenoxy) is 1. The van der Waals surface area contributed by atoms with Gasteiger partial charge in [-0.25, -0.2) is 4.79 Å². The number of carbonyl (C=O) groups excluding carboxylic acids is 2. The predicted molar refractivity (Wildman–Crippen MR) is 81.8 cm³/mol. The Labute approximate surface area is 124 Å². The van der Waals surface area contributed by atoms with Crippen LogP contribution in [0.3, 0.4) is 0 Å². The maximum absolute atomic E-state index is 11.9. The Morgan fingerprint density at radius 3 is 2.90 bits per heavy atom. The number of likely N-dealkylation sites (N-methyl/N-ethyl adjacent to an activating group) is 1. The van der Waals surface area contributed by atoms with Crippen LogP contribution in [0.5, 0.6) is 5.75 Å². The molecule has 0 saturated heterocycles. The Morgan fingerprint density at radius 1 is 1.43 bits per heavy atom. The predicted octanol–water partition coefficient (Wildman–Crippen LogP) is 2.21. The van der Waals surface area contributed by atoms with E-state index in [-0.39, 0.29) is 18.5 Å². The molecule has 3 amide bonds. The average molecular weight is 291 g/mol. The lowest BCUT2D eigenvalue weighted by molar-refractivity contribution is -0.120. The van der Waals surface area contributed by atoms with Crippen LogP contribution in [0.15, 0.2) is 18.2 Å². The molecule has 114 valence electrons. The van der Waals surface area contributed by atoms with Gasteiger partial charge in [0.05, 0.1) is 11.4 Å². The van der Waals surface area contributed by atoms with Gasteiger partial charge in [-0.3, -0.25) is 4.79 Å². The van der Waals surface area contributed by atoms with Crippen molar-refractivity contribution in [2.45, 2.75) is 20.3 Å².